The van der Waals surface area contributed by atoms with Crippen LogP contribution in [0.3, 0.4) is 0 Å². The van der Waals surface area contributed by atoms with Crippen LogP contribution in [0, 0.1) is 6.92 Å². The molecule has 66 valence electrons. The minimum atomic E-state index is -0.104. The minimum absolute atomic E-state index is 0.104. The molecule has 0 aliphatic carbocycles. The number of aromatic nitrogens is 1. The summed E-state index contributed by atoms with van der Waals surface area (Å²) < 4.78 is 7.33. The summed E-state index contributed by atoms with van der Waals surface area (Å²) in [7, 11) is 3.36. The van der Waals surface area contributed by atoms with Crippen LogP contribution in [-0.2, 0) is 7.05 Å². The van der Waals surface area contributed by atoms with Gasteiger partial charge in [0.2, 0.25) is 5.43 Å². The molecule has 0 spiro atoms. The zero-order valence-electron chi connectivity index (χ0n) is 7.22. The summed E-state index contributed by atoms with van der Waals surface area (Å²) >= 11 is 3.16. The first kappa shape index (κ1) is 9.32. The zero-order chi connectivity index (χ0) is 9.30. The van der Waals surface area contributed by atoms with Crippen LogP contribution in [0.4, 0.5) is 0 Å². The fourth-order valence-electron chi connectivity index (χ4n) is 0.999. The number of methoxy groups -OCH3 is 1. The van der Waals surface area contributed by atoms with Crippen molar-refractivity contribution < 1.29 is 4.74 Å². The number of aryl methyl sites for hydroxylation is 1. The van der Waals surface area contributed by atoms with Crippen LogP contribution in [-0.4, -0.2) is 11.7 Å². The van der Waals surface area contributed by atoms with Gasteiger partial charge in [-0.25, -0.2) is 0 Å². The standard InChI is InChI=1S/C8H10BrNO2/c1-5-8(12-3)7(11)6(9)4-10(5)2/h4H,1-3H3. The summed E-state index contributed by atoms with van der Waals surface area (Å²) in [4.78, 5) is 11.4. The molecule has 0 bridgehead atoms. The summed E-state index contributed by atoms with van der Waals surface area (Å²) in [6, 6.07) is 0. The van der Waals surface area contributed by atoms with E-state index >= 15 is 0 Å². The third-order valence-corrected chi connectivity index (χ3v) is 2.36. The molecule has 0 aromatic carbocycles. The van der Waals surface area contributed by atoms with Crippen molar-refractivity contribution in [3.8, 4) is 5.75 Å². The van der Waals surface area contributed by atoms with Gasteiger partial charge in [-0.15, -0.1) is 0 Å². The predicted octanol–water partition coefficient (Wildman–Crippen LogP) is 1.46. The van der Waals surface area contributed by atoms with Crippen LogP contribution in [0.2, 0.25) is 0 Å². The highest BCUT2D eigenvalue weighted by Crippen LogP contribution is 2.14. The van der Waals surface area contributed by atoms with Gasteiger partial charge in [0.05, 0.1) is 17.3 Å². The van der Waals surface area contributed by atoms with E-state index in [-0.39, 0.29) is 5.43 Å². The maximum Gasteiger partial charge on any atom is 0.237 e. The molecule has 0 radical (unpaired) electrons. The van der Waals surface area contributed by atoms with Gasteiger partial charge < -0.3 is 9.30 Å². The maximum atomic E-state index is 11.4. The Labute approximate surface area is 79.1 Å². The Bertz CT molecular complexity index is 357. The Hall–Kier alpha value is -0.770. The van der Waals surface area contributed by atoms with Gasteiger partial charge in [0, 0.05) is 13.2 Å². The number of nitrogens with zero attached hydrogens (tertiary/aromatic N) is 1. The van der Waals surface area contributed by atoms with E-state index < -0.39 is 0 Å². The van der Waals surface area contributed by atoms with E-state index in [1.165, 1.54) is 7.11 Å². The summed E-state index contributed by atoms with van der Waals surface area (Å²) in [5.74, 6) is 0.395. The molecule has 1 aromatic rings. The highest BCUT2D eigenvalue weighted by molar-refractivity contribution is 9.10. The van der Waals surface area contributed by atoms with Crippen molar-refractivity contribution in [2.24, 2.45) is 7.05 Å². The van der Waals surface area contributed by atoms with Crippen molar-refractivity contribution in [2.45, 2.75) is 6.92 Å². The first-order chi connectivity index (χ1) is 5.57. The molecule has 0 saturated heterocycles. The van der Waals surface area contributed by atoms with E-state index in [9.17, 15) is 4.79 Å². The zero-order valence-corrected chi connectivity index (χ0v) is 8.81. The molecule has 0 unspecified atom stereocenters. The molecule has 0 saturated carbocycles. The molecule has 3 nitrogen and oxygen atoms in total. The largest absolute Gasteiger partial charge is 0.491 e. The molecule has 0 aliphatic rings. The molecule has 0 N–H and O–H groups in total. The van der Waals surface area contributed by atoms with Crippen molar-refractivity contribution in [3.05, 3.63) is 26.6 Å². The van der Waals surface area contributed by atoms with Gasteiger partial charge in [0.15, 0.2) is 5.75 Å². The number of hydrogen-bond donors (Lipinski definition) is 0. The second-order valence-corrected chi connectivity index (χ2v) is 3.39. The smallest absolute Gasteiger partial charge is 0.237 e. The number of ether oxygens (including phenoxy) is 1. The third-order valence-electron chi connectivity index (χ3n) is 1.79. The Morgan fingerprint density at radius 1 is 1.58 bits per heavy atom. The fraction of sp³-hybridized carbons (Fsp3) is 0.375. The average Bonchev–Trinajstić information content (AvgIpc) is 2.02. The lowest BCUT2D eigenvalue weighted by molar-refractivity contribution is 0.401. The SMILES string of the molecule is COc1c(C)n(C)cc(Br)c1=O. The second-order valence-electron chi connectivity index (χ2n) is 2.54. The average molecular weight is 232 g/mol. The van der Waals surface area contributed by atoms with E-state index in [1.54, 1.807) is 6.20 Å². The van der Waals surface area contributed by atoms with Gasteiger partial charge >= 0.3 is 0 Å². The Balaban J connectivity index is 3.53. The van der Waals surface area contributed by atoms with Crippen molar-refractivity contribution in [1.29, 1.82) is 0 Å². The molecule has 0 amide bonds. The summed E-state index contributed by atoms with van der Waals surface area (Å²) in [5, 5.41) is 0. The van der Waals surface area contributed by atoms with E-state index in [0.29, 0.717) is 10.2 Å². The molecule has 12 heavy (non-hydrogen) atoms. The van der Waals surface area contributed by atoms with E-state index in [1.807, 2.05) is 18.5 Å². The first-order valence-electron chi connectivity index (χ1n) is 3.47. The van der Waals surface area contributed by atoms with Crippen LogP contribution in [0.25, 0.3) is 0 Å². The molecule has 1 aromatic heterocycles. The monoisotopic (exact) mass is 231 g/mol. The Kier molecular flexibility index (Phi) is 2.57. The highest BCUT2D eigenvalue weighted by Gasteiger charge is 2.08. The summed E-state index contributed by atoms with van der Waals surface area (Å²) in [6.07, 6.45) is 1.72. The van der Waals surface area contributed by atoms with Crippen molar-refractivity contribution in [3.63, 3.8) is 0 Å². The summed E-state index contributed by atoms with van der Waals surface area (Å²) in [6.45, 7) is 1.84. The van der Waals surface area contributed by atoms with Crippen LogP contribution >= 0.6 is 15.9 Å². The normalized spacial score (nSPS) is 10.0. The lowest BCUT2D eigenvalue weighted by Gasteiger charge is -2.08. The highest BCUT2D eigenvalue weighted by atomic mass is 79.9. The number of hydrogen-bond acceptors (Lipinski definition) is 2. The summed E-state index contributed by atoms with van der Waals surface area (Å²) in [5.41, 5.74) is 0.721. The van der Waals surface area contributed by atoms with Gasteiger partial charge in [0.1, 0.15) is 0 Å². The Morgan fingerprint density at radius 2 is 2.17 bits per heavy atom. The molecule has 1 rings (SSSR count). The first-order valence-corrected chi connectivity index (χ1v) is 4.27. The van der Waals surface area contributed by atoms with Crippen molar-refractivity contribution in [1.82, 2.24) is 4.57 Å². The van der Waals surface area contributed by atoms with Gasteiger partial charge in [-0.1, -0.05) is 0 Å². The van der Waals surface area contributed by atoms with Gasteiger partial charge in [-0.05, 0) is 22.9 Å². The molecule has 1 heterocycles. The fourth-order valence-corrected chi connectivity index (χ4v) is 1.49. The number of rotatable bonds is 1. The lowest BCUT2D eigenvalue weighted by atomic mass is 10.3. The Morgan fingerprint density at radius 3 is 2.67 bits per heavy atom. The minimum Gasteiger partial charge on any atom is -0.491 e. The number of halogens is 1. The van der Waals surface area contributed by atoms with Crippen molar-refractivity contribution >= 4 is 15.9 Å². The topological polar surface area (TPSA) is 31.2 Å². The molecule has 4 heteroatoms. The maximum absolute atomic E-state index is 11.4. The molecule has 0 fully saturated rings. The van der Waals surface area contributed by atoms with Crippen LogP contribution in [0.15, 0.2) is 15.5 Å². The molecular formula is C8H10BrNO2. The van der Waals surface area contributed by atoms with Gasteiger partial charge in [-0.3, -0.25) is 4.79 Å². The lowest BCUT2D eigenvalue weighted by Crippen LogP contribution is -2.13. The van der Waals surface area contributed by atoms with Gasteiger partial charge in [-0.2, -0.15) is 0 Å². The quantitative estimate of drug-likeness (QED) is 0.734. The van der Waals surface area contributed by atoms with E-state index in [0.717, 1.165) is 5.69 Å². The molecule has 0 atom stereocenters. The third kappa shape index (κ3) is 1.39. The second kappa shape index (κ2) is 3.31. The molecular weight excluding hydrogens is 222 g/mol. The van der Waals surface area contributed by atoms with E-state index in [4.69, 9.17) is 4.74 Å². The molecule has 0 aliphatic heterocycles. The van der Waals surface area contributed by atoms with Gasteiger partial charge in [0.25, 0.3) is 0 Å². The predicted molar refractivity (Wildman–Crippen MR) is 50.7 cm³/mol. The van der Waals surface area contributed by atoms with Crippen LogP contribution < -0.4 is 10.2 Å². The van der Waals surface area contributed by atoms with Crippen molar-refractivity contribution in [2.75, 3.05) is 7.11 Å². The van der Waals surface area contributed by atoms with Crippen LogP contribution in [0.1, 0.15) is 5.69 Å². The van der Waals surface area contributed by atoms with E-state index in [2.05, 4.69) is 15.9 Å². The number of pyridine rings is 1. The van der Waals surface area contributed by atoms with Crippen LogP contribution in [0.5, 0.6) is 5.75 Å².